The number of rotatable bonds is 4. The van der Waals surface area contributed by atoms with Gasteiger partial charge in [-0.15, -0.1) is 12.1 Å². The number of hydrogen-bond acceptors (Lipinski definition) is 3. The third-order valence-electron chi connectivity index (χ3n) is 0.567. The largest absolute Gasteiger partial charge is 0.367 e. The molecule has 0 saturated heterocycles. The first-order valence-electron chi connectivity index (χ1n) is 2.48. The molecule has 3 nitrogen and oxygen atoms in total. The van der Waals surface area contributed by atoms with Crippen molar-refractivity contribution in [3.05, 3.63) is 25.3 Å². The van der Waals surface area contributed by atoms with Crippen molar-refractivity contribution in [1.29, 1.82) is 0 Å². The SMILES string of the molecule is C=CCNOC(=O)C=C.[Ag]. The number of carbonyl (C=O) groups is 1. The Kier molecular flexibility index (Phi) is 10.7. The summed E-state index contributed by atoms with van der Waals surface area (Å²) in [5.41, 5.74) is 2.35. The zero-order chi connectivity index (χ0) is 7.11. The van der Waals surface area contributed by atoms with E-state index in [4.69, 9.17) is 0 Å². The minimum atomic E-state index is -0.489. The molecule has 0 spiro atoms. The van der Waals surface area contributed by atoms with E-state index in [1.807, 2.05) is 0 Å². The summed E-state index contributed by atoms with van der Waals surface area (Å²) in [6, 6.07) is 0. The normalized spacial score (nSPS) is 7.20. The summed E-state index contributed by atoms with van der Waals surface area (Å²) in [7, 11) is 0. The topological polar surface area (TPSA) is 38.3 Å². The van der Waals surface area contributed by atoms with Crippen LogP contribution in [0, 0.1) is 0 Å². The van der Waals surface area contributed by atoms with Crippen LogP contribution in [0.1, 0.15) is 0 Å². The average molecular weight is 235 g/mol. The van der Waals surface area contributed by atoms with Crippen LogP contribution < -0.4 is 5.48 Å². The molecule has 0 aromatic heterocycles. The molecule has 0 aliphatic carbocycles. The number of carbonyl (C=O) groups excluding carboxylic acids is 1. The van der Waals surface area contributed by atoms with Gasteiger partial charge in [0.2, 0.25) is 0 Å². The fraction of sp³-hybridized carbons (Fsp3) is 0.167. The molecular formula is C6H9AgNO2. The zero-order valence-electron chi connectivity index (χ0n) is 5.39. The van der Waals surface area contributed by atoms with E-state index in [9.17, 15) is 4.79 Å². The molecule has 0 atom stereocenters. The Morgan fingerprint density at radius 2 is 2.20 bits per heavy atom. The summed E-state index contributed by atoms with van der Waals surface area (Å²) < 4.78 is 0. The molecule has 1 radical (unpaired) electrons. The molecule has 61 valence electrons. The van der Waals surface area contributed by atoms with Gasteiger partial charge in [-0.05, 0) is 0 Å². The summed E-state index contributed by atoms with van der Waals surface area (Å²) in [4.78, 5) is 14.6. The molecular weight excluding hydrogens is 226 g/mol. The summed E-state index contributed by atoms with van der Waals surface area (Å²) >= 11 is 0. The van der Waals surface area contributed by atoms with Gasteiger partial charge in [0.1, 0.15) is 0 Å². The second-order valence-electron chi connectivity index (χ2n) is 1.26. The third-order valence-corrected chi connectivity index (χ3v) is 0.567. The Morgan fingerprint density at radius 3 is 2.60 bits per heavy atom. The van der Waals surface area contributed by atoms with E-state index in [0.717, 1.165) is 6.08 Å². The van der Waals surface area contributed by atoms with Gasteiger partial charge in [0.05, 0.1) is 0 Å². The van der Waals surface area contributed by atoms with E-state index in [1.54, 1.807) is 6.08 Å². The smallest absolute Gasteiger partial charge is 0.348 e. The van der Waals surface area contributed by atoms with E-state index in [1.165, 1.54) is 0 Å². The summed E-state index contributed by atoms with van der Waals surface area (Å²) in [6.07, 6.45) is 2.66. The summed E-state index contributed by atoms with van der Waals surface area (Å²) in [6.45, 7) is 7.05. The van der Waals surface area contributed by atoms with Crippen molar-refractivity contribution in [1.82, 2.24) is 5.48 Å². The maximum absolute atomic E-state index is 10.2. The molecule has 0 aliphatic heterocycles. The van der Waals surface area contributed by atoms with Crippen molar-refractivity contribution >= 4 is 5.97 Å². The first kappa shape index (κ1) is 12.3. The molecule has 0 saturated carbocycles. The van der Waals surface area contributed by atoms with Crippen LogP contribution in [-0.4, -0.2) is 12.5 Å². The molecule has 0 heterocycles. The Balaban J connectivity index is 0. The third kappa shape index (κ3) is 7.65. The molecule has 4 heteroatoms. The van der Waals surface area contributed by atoms with Crippen LogP contribution in [0.3, 0.4) is 0 Å². The maximum atomic E-state index is 10.2. The predicted octanol–water partition coefficient (Wildman–Crippen LogP) is 0.404. The van der Waals surface area contributed by atoms with Crippen molar-refractivity contribution in [2.75, 3.05) is 6.54 Å². The molecule has 0 rings (SSSR count). The van der Waals surface area contributed by atoms with Crippen molar-refractivity contribution in [3.63, 3.8) is 0 Å². The molecule has 0 aliphatic rings. The quantitative estimate of drug-likeness (QED) is 0.252. The van der Waals surface area contributed by atoms with Gasteiger partial charge < -0.3 is 4.84 Å². The van der Waals surface area contributed by atoms with E-state index < -0.39 is 5.97 Å². The monoisotopic (exact) mass is 234 g/mol. The molecule has 0 unspecified atom stereocenters. The molecule has 0 amide bonds. The molecule has 0 bridgehead atoms. The number of nitrogens with one attached hydrogen (secondary N) is 1. The van der Waals surface area contributed by atoms with Crippen LogP contribution in [0.25, 0.3) is 0 Å². The van der Waals surface area contributed by atoms with Gasteiger partial charge in [0.15, 0.2) is 0 Å². The molecule has 0 aromatic rings. The Bertz CT molecular complexity index is 125. The van der Waals surface area contributed by atoms with Gasteiger partial charge in [-0.25, -0.2) is 4.79 Å². The van der Waals surface area contributed by atoms with Crippen LogP contribution in [0.2, 0.25) is 0 Å². The van der Waals surface area contributed by atoms with Crippen molar-refractivity contribution in [2.45, 2.75) is 0 Å². The second-order valence-corrected chi connectivity index (χ2v) is 1.26. The van der Waals surface area contributed by atoms with Crippen LogP contribution >= 0.6 is 0 Å². The second kappa shape index (κ2) is 8.65. The van der Waals surface area contributed by atoms with Crippen LogP contribution in [-0.2, 0) is 32.0 Å². The summed E-state index contributed by atoms with van der Waals surface area (Å²) in [5, 5.41) is 0. The van der Waals surface area contributed by atoms with E-state index >= 15 is 0 Å². The van der Waals surface area contributed by atoms with Crippen LogP contribution in [0.4, 0.5) is 0 Å². The molecule has 0 fully saturated rings. The van der Waals surface area contributed by atoms with Gasteiger partial charge in [-0.1, -0.05) is 12.7 Å². The van der Waals surface area contributed by atoms with Gasteiger partial charge >= 0.3 is 5.97 Å². The predicted molar refractivity (Wildman–Crippen MR) is 34.5 cm³/mol. The first-order valence-corrected chi connectivity index (χ1v) is 2.48. The van der Waals surface area contributed by atoms with Crippen molar-refractivity contribution in [3.8, 4) is 0 Å². The zero-order valence-corrected chi connectivity index (χ0v) is 6.88. The Morgan fingerprint density at radius 1 is 1.60 bits per heavy atom. The van der Waals surface area contributed by atoms with E-state index in [0.29, 0.717) is 6.54 Å². The van der Waals surface area contributed by atoms with Gasteiger partial charge in [-0.3, -0.25) is 0 Å². The van der Waals surface area contributed by atoms with Crippen molar-refractivity contribution < 1.29 is 32.0 Å². The van der Waals surface area contributed by atoms with Crippen LogP contribution in [0.5, 0.6) is 0 Å². The van der Waals surface area contributed by atoms with E-state index in [-0.39, 0.29) is 22.4 Å². The molecule has 1 N–H and O–H groups in total. The first-order chi connectivity index (χ1) is 4.31. The van der Waals surface area contributed by atoms with E-state index in [2.05, 4.69) is 23.5 Å². The van der Waals surface area contributed by atoms with Crippen molar-refractivity contribution in [2.24, 2.45) is 0 Å². The maximum Gasteiger partial charge on any atom is 0.348 e. The molecule has 0 aromatic carbocycles. The van der Waals surface area contributed by atoms with Crippen LogP contribution in [0.15, 0.2) is 25.3 Å². The Hall–Kier alpha value is -0.350. The average Bonchev–Trinajstić information content (AvgIpc) is 1.89. The standard InChI is InChI=1S/C6H9NO2.Ag/c1-3-5-7-9-6(8)4-2;/h3-4,7H,1-2,5H2;. The summed E-state index contributed by atoms with van der Waals surface area (Å²) in [5.74, 6) is -0.489. The number of hydrogen-bond donors (Lipinski definition) is 1. The fourth-order valence-corrected chi connectivity index (χ4v) is 0.213. The Labute approximate surface area is 75.6 Å². The number of hydroxylamine groups is 1. The minimum Gasteiger partial charge on any atom is -0.367 e. The van der Waals surface area contributed by atoms with Gasteiger partial charge in [0.25, 0.3) is 0 Å². The fourth-order valence-electron chi connectivity index (χ4n) is 0.213. The minimum absolute atomic E-state index is 0. The molecule has 10 heavy (non-hydrogen) atoms. The van der Waals surface area contributed by atoms with Gasteiger partial charge in [0, 0.05) is 35.0 Å². The van der Waals surface area contributed by atoms with Gasteiger partial charge in [-0.2, -0.15) is 0 Å².